The molecule has 3 aromatic rings. The van der Waals surface area contributed by atoms with E-state index in [9.17, 15) is 13.2 Å². The Labute approximate surface area is 205 Å². The zero-order valence-corrected chi connectivity index (χ0v) is 21.5. The van der Waals surface area contributed by atoms with Gasteiger partial charge < -0.3 is 10.3 Å². The molecule has 182 valence electrons. The number of H-pyrrole nitrogens is 1. The standard InChI is InChI=1S/C25H32N4O3S2/c1-17-8-9-23(18(2)16-17)34(31,32)29-13-10-19(11-14-29)25(30)28-22(12-15-33-3)24-26-20-6-4-5-7-21(20)27-24/h4-9,16,19,22H,10-15H2,1-3H3,(H,26,27)(H,28,30)/t22-/m0/s1. The predicted octanol–water partition coefficient (Wildman–Crippen LogP) is 4.19. The summed E-state index contributed by atoms with van der Waals surface area (Å²) in [5.41, 5.74) is 3.62. The van der Waals surface area contributed by atoms with Gasteiger partial charge in [-0.25, -0.2) is 13.4 Å². The van der Waals surface area contributed by atoms with Crippen molar-refractivity contribution in [1.82, 2.24) is 19.6 Å². The number of imidazole rings is 1. The van der Waals surface area contributed by atoms with Gasteiger partial charge in [0.25, 0.3) is 0 Å². The van der Waals surface area contributed by atoms with Gasteiger partial charge in [-0.05, 0) is 68.9 Å². The van der Waals surface area contributed by atoms with E-state index in [0.717, 1.165) is 40.2 Å². The van der Waals surface area contributed by atoms with E-state index in [-0.39, 0.29) is 17.9 Å². The molecule has 1 aliphatic rings. The van der Waals surface area contributed by atoms with Crippen molar-refractivity contribution in [3.63, 3.8) is 0 Å². The van der Waals surface area contributed by atoms with Crippen LogP contribution in [-0.2, 0) is 14.8 Å². The summed E-state index contributed by atoms with van der Waals surface area (Å²) >= 11 is 1.73. The molecular weight excluding hydrogens is 468 g/mol. The summed E-state index contributed by atoms with van der Waals surface area (Å²) in [6, 6.07) is 13.0. The SMILES string of the molecule is CSCC[C@H](NC(=O)C1CCN(S(=O)(=O)c2ccc(C)cc2C)CC1)c1nc2ccccc2[nH]1. The first kappa shape index (κ1) is 24.8. The van der Waals surface area contributed by atoms with Gasteiger partial charge in [-0.3, -0.25) is 4.79 Å². The number of hydrogen-bond acceptors (Lipinski definition) is 5. The van der Waals surface area contributed by atoms with E-state index in [4.69, 9.17) is 0 Å². The molecule has 2 aromatic carbocycles. The van der Waals surface area contributed by atoms with Crippen LogP contribution in [0.4, 0.5) is 0 Å². The van der Waals surface area contributed by atoms with Gasteiger partial charge in [-0.1, -0.05) is 29.8 Å². The molecule has 0 bridgehead atoms. The smallest absolute Gasteiger partial charge is 0.243 e. The van der Waals surface area contributed by atoms with Crippen LogP contribution in [0.15, 0.2) is 47.4 Å². The van der Waals surface area contributed by atoms with Crippen molar-refractivity contribution in [3.8, 4) is 0 Å². The summed E-state index contributed by atoms with van der Waals surface area (Å²) in [6.07, 6.45) is 3.83. The first-order valence-corrected chi connectivity index (χ1v) is 14.4. The number of para-hydroxylation sites is 2. The maximum Gasteiger partial charge on any atom is 0.243 e. The molecule has 1 fully saturated rings. The van der Waals surface area contributed by atoms with E-state index in [1.165, 1.54) is 4.31 Å². The number of aromatic nitrogens is 2. The fourth-order valence-corrected chi connectivity index (χ4v) is 6.67. The number of sulfonamides is 1. The number of amides is 1. The first-order chi connectivity index (χ1) is 16.3. The van der Waals surface area contributed by atoms with Gasteiger partial charge in [0.15, 0.2) is 0 Å². The van der Waals surface area contributed by atoms with E-state index >= 15 is 0 Å². The second-order valence-electron chi connectivity index (χ2n) is 8.93. The molecule has 1 aromatic heterocycles. The minimum Gasteiger partial charge on any atom is -0.346 e. The Morgan fingerprint density at radius 1 is 1.21 bits per heavy atom. The van der Waals surface area contributed by atoms with Gasteiger partial charge in [0.05, 0.1) is 22.0 Å². The molecule has 0 saturated carbocycles. The van der Waals surface area contributed by atoms with Gasteiger partial charge in [-0.15, -0.1) is 0 Å². The highest BCUT2D eigenvalue weighted by Gasteiger charge is 2.33. The molecule has 4 rings (SSSR count). The van der Waals surface area contributed by atoms with Crippen molar-refractivity contribution < 1.29 is 13.2 Å². The van der Waals surface area contributed by atoms with Gasteiger partial charge in [0.2, 0.25) is 15.9 Å². The number of aromatic amines is 1. The molecule has 2 N–H and O–H groups in total. The quantitative estimate of drug-likeness (QED) is 0.484. The normalized spacial score (nSPS) is 16.6. The minimum absolute atomic E-state index is 0.0323. The molecule has 0 radical (unpaired) electrons. The van der Waals surface area contributed by atoms with Crippen molar-refractivity contribution in [2.75, 3.05) is 25.1 Å². The maximum absolute atomic E-state index is 13.2. The second kappa shape index (κ2) is 10.5. The number of fused-ring (bicyclic) bond motifs is 1. The van der Waals surface area contributed by atoms with E-state index in [1.807, 2.05) is 56.5 Å². The topological polar surface area (TPSA) is 95.2 Å². The molecule has 0 aliphatic carbocycles. The second-order valence-corrected chi connectivity index (χ2v) is 11.8. The molecule has 1 atom stereocenters. The molecule has 7 nitrogen and oxygen atoms in total. The van der Waals surface area contributed by atoms with E-state index < -0.39 is 10.0 Å². The number of carbonyl (C=O) groups is 1. The Kier molecular flexibility index (Phi) is 7.64. The highest BCUT2D eigenvalue weighted by molar-refractivity contribution is 7.98. The Balaban J connectivity index is 1.42. The largest absolute Gasteiger partial charge is 0.346 e. The van der Waals surface area contributed by atoms with Crippen LogP contribution in [0.1, 0.15) is 42.3 Å². The van der Waals surface area contributed by atoms with E-state index in [2.05, 4.69) is 15.3 Å². The van der Waals surface area contributed by atoms with Gasteiger partial charge >= 0.3 is 0 Å². The number of nitrogens with one attached hydrogen (secondary N) is 2. The summed E-state index contributed by atoms with van der Waals surface area (Å²) in [7, 11) is -3.57. The number of benzene rings is 2. The fourth-order valence-electron chi connectivity index (χ4n) is 4.53. The highest BCUT2D eigenvalue weighted by atomic mass is 32.2. The third kappa shape index (κ3) is 5.31. The highest BCUT2D eigenvalue weighted by Crippen LogP contribution is 2.27. The van der Waals surface area contributed by atoms with Crippen molar-refractivity contribution in [1.29, 1.82) is 0 Å². The van der Waals surface area contributed by atoms with Crippen LogP contribution < -0.4 is 5.32 Å². The Morgan fingerprint density at radius 2 is 1.94 bits per heavy atom. The zero-order chi connectivity index (χ0) is 24.3. The molecular formula is C25H32N4O3S2. The monoisotopic (exact) mass is 500 g/mol. The number of piperidine rings is 1. The van der Waals surface area contributed by atoms with Gasteiger partial charge in [0, 0.05) is 19.0 Å². The summed E-state index contributed by atoms with van der Waals surface area (Å²) in [6.45, 7) is 4.46. The van der Waals surface area contributed by atoms with Gasteiger partial charge in [-0.2, -0.15) is 16.1 Å². The number of aryl methyl sites for hydroxylation is 2. The Morgan fingerprint density at radius 3 is 2.62 bits per heavy atom. The summed E-state index contributed by atoms with van der Waals surface area (Å²) < 4.78 is 27.9. The lowest BCUT2D eigenvalue weighted by molar-refractivity contribution is -0.127. The van der Waals surface area contributed by atoms with Crippen molar-refractivity contribution in [2.24, 2.45) is 5.92 Å². The van der Waals surface area contributed by atoms with Gasteiger partial charge in [0.1, 0.15) is 5.82 Å². The molecule has 1 amide bonds. The van der Waals surface area contributed by atoms with Crippen LogP contribution in [0.3, 0.4) is 0 Å². The summed E-state index contributed by atoms with van der Waals surface area (Å²) in [5.74, 6) is 1.41. The Hall–Kier alpha value is -2.36. The van der Waals surface area contributed by atoms with Crippen molar-refractivity contribution >= 4 is 38.7 Å². The summed E-state index contributed by atoms with van der Waals surface area (Å²) in [4.78, 5) is 21.5. The van der Waals surface area contributed by atoms with Crippen LogP contribution in [0, 0.1) is 19.8 Å². The zero-order valence-electron chi connectivity index (χ0n) is 19.9. The lowest BCUT2D eigenvalue weighted by atomic mass is 9.96. The molecule has 2 heterocycles. The molecule has 34 heavy (non-hydrogen) atoms. The van der Waals surface area contributed by atoms with Crippen molar-refractivity contribution in [3.05, 3.63) is 59.4 Å². The number of carbonyl (C=O) groups excluding carboxylic acids is 1. The van der Waals surface area contributed by atoms with Crippen molar-refractivity contribution in [2.45, 2.75) is 44.0 Å². The molecule has 0 spiro atoms. The molecule has 1 saturated heterocycles. The predicted molar refractivity (Wildman–Crippen MR) is 137 cm³/mol. The average molecular weight is 501 g/mol. The number of thioether (sulfide) groups is 1. The average Bonchev–Trinajstić information content (AvgIpc) is 3.25. The number of nitrogens with zero attached hydrogens (tertiary/aromatic N) is 2. The summed E-state index contributed by atoms with van der Waals surface area (Å²) in [5, 5.41) is 3.19. The lowest BCUT2D eigenvalue weighted by Gasteiger charge is -2.31. The van der Waals surface area contributed by atoms with E-state index in [1.54, 1.807) is 17.8 Å². The molecule has 9 heteroatoms. The molecule has 1 aliphatic heterocycles. The third-order valence-corrected chi connectivity index (χ3v) is 9.14. The third-order valence-electron chi connectivity index (χ3n) is 6.44. The number of rotatable bonds is 8. The van der Waals surface area contributed by atoms with E-state index in [0.29, 0.717) is 30.8 Å². The van der Waals surface area contributed by atoms with Crippen LogP contribution in [-0.4, -0.2) is 53.7 Å². The number of hydrogen-bond donors (Lipinski definition) is 2. The lowest BCUT2D eigenvalue weighted by Crippen LogP contribution is -2.44. The maximum atomic E-state index is 13.2. The molecule has 0 unspecified atom stereocenters. The van der Waals surface area contributed by atoms with Crippen LogP contribution in [0.5, 0.6) is 0 Å². The first-order valence-electron chi connectivity index (χ1n) is 11.6. The fraction of sp³-hybridized carbons (Fsp3) is 0.440. The van der Waals surface area contributed by atoms with Crippen LogP contribution in [0.25, 0.3) is 11.0 Å². The minimum atomic E-state index is -3.57. The van der Waals surface area contributed by atoms with Crippen LogP contribution in [0.2, 0.25) is 0 Å². The Bertz CT molecular complexity index is 1230. The van der Waals surface area contributed by atoms with Crippen LogP contribution >= 0.6 is 11.8 Å².